The van der Waals surface area contributed by atoms with Crippen molar-refractivity contribution in [3.63, 3.8) is 0 Å². The number of nitrogens with zero attached hydrogens (tertiary/aromatic N) is 1. The fourth-order valence-electron chi connectivity index (χ4n) is 0.691. The van der Waals surface area contributed by atoms with Crippen molar-refractivity contribution in [2.24, 2.45) is 0 Å². The van der Waals surface area contributed by atoms with Crippen molar-refractivity contribution in [3.05, 3.63) is 10.5 Å². The summed E-state index contributed by atoms with van der Waals surface area (Å²) in [6.07, 6.45) is -3.62. The van der Waals surface area contributed by atoms with Gasteiger partial charge in [-0.2, -0.15) is 0 Å². The number of thioether (sulfide) groups is 1. The van der Waals surface area contributed by atoms with Gasteiger partial charge in [-0.3, -0.25) is 0 Å². The van der Waals surface area contributed by atoms with Crippen LogP contribution >= 0.6 is 34.7 Å². The SMILES string of the molecule is FC(F)C(F)CCSc1ncc(Cl)s1. The number of hydrogen-bond acceptors (Lipinski definition) is 3. The number of thiazole rings is 1. The molecule has 1 unspecified atom stereocenters. The highest BCUT2D eigenvalue weighted by atomic mass is 35.5. The average Bonchev–Trinajstić information content (AvgIpc) is 2.51. The van der Waals surface area contributed by atoms with Gasteiger partial charge in [-0.1, -0.05) is 34.7 Å². The summed E-state index contributed by atoms with van der Waals surface area (Å²) in [4.78, 5) is 3.90. The molecule has 0 aliphatic rings. The van der Waals surface area contributed by atoms with E-state index >= 15 is 0 Å². The predicted molar refractivity (Wildman–Crippen MR) is 53.4 cm³/mol. The van der Waals surface area contributed by atoms with Crippen molar-refractivity contribution in [2.75, 3.05) is 5.75 Å². The van der Waals surface area contributed by atoms with E-state index in [9.17, 15) is 13.2 Å². The van der Waals surface area contributed by atoms with Crippen molar-refractivity contribution in [1.82, 2.24) is 4.98 Å². The average molecular weight is 262 g/mol. The summed E-state index contributed by atoms with van der Waals surface area (Å²) in [7, 11) is 0. The maximum Gasteiger partial charge on any atom is 0.269 e. The minimum atomic E-state index is -2.89. The molecule has 14 heavy (non-hydrogen) atoms. The van der Waals surface area contributed by atoms with Gasteiger partial charge in [-0.15, -0.1) is 0 Å². The van der Waals surface area contributed by atoms with E-state index in [0.29, 0.717) is 8.68 Å². The standard InChI is InChI=1S/C7H7ClF3NS2/c8-5-3-12-7(14-5)13-2-1-4(9)6(10)11/h3-4,6H,1-2H2. The first-order valence-electron chi connectivity index (χ1n) is 3.76. The molecular weight excluding hydrogens is 255 g/mol. The molecule has 0 amide bonds. The maximum atomic E-state index is 12.4. The summed E-state index contributed by atoms with van der Waals surface area (Å²) in [6, 6.07) is 0. The summed E-state index contributed by atoms with van der Waals surface area (Å²) in [5.74, 6) is 0.287. The fraction of sp³-hybridized carbons (Fsp3) is 0.571. The molecule has 0 N–H and O–H groups in total. The Balaban J connectivity index is 2.22. The number of alkyl halides is 3. The van der Waals surface area contributed by atoms with Crippen molar-refractivity contribution in [2.45, 2.75) is 23.4 Å². The van der Waals surface area contributed by atoms with Gasteiger partial charge in [0.05, 0.1) is 6.20 Å². The molecule has 80 valence electrons. The van der Waals surface area contributed by atoms with Gasteiger partial charge in [0.15, 0.2) is 10.5 Å². The van der Waals surface area contributed by atoms with Crippen molar-refractivity contribution >= 4 is 34.7 Å². The normalized spacial score (nSPS) is 13.5. The molecule has 1 heterocycles. The molecule has 1 aromatic heterocycles. The van der Waals surface area contributed by atoms with Crippen molar-refractivity contribution < 1.29 is 13.2 Å². The number of aromatic nitrogens is 1. The Kier molecular flexibility index (Phi) is 5.05. The molecule has 1 atom stereocenters. The molecule has 0 aromatic carbocycles. The molecule has 0 fully saturated rings. The molecule has 0 aliphatic carbocycles. The van der Waals surface area contributed by atoms with Gasteiger partial charge in [0.2, 0.25) is 0 Å². The summed E-state index contributed by atoms with van der Waals surface area (Å²) < 4.78 is 37.1. The van der Waals surface area contributed by atoms with Crippen molar-refractivity contribution in [1.29, 1.82) is 0 Å². The largest absolute Gasteiger partial charge is 0.269 e. The summed E-state index contributed by atoms with van der Waals surface area (Å²) >= 11 is 8.09. The van der Waals surface area contributed by atoms with E-state index in [2.05, 4.69) is 4.98 Å². The highest BCUT2D eigenvalue weighted by Crippen LogP contribution is 2.28. The molecule has 0 saturated carbocycles. The van der Waals surface area contributed by atoms with Crippen LogP contribution in [0.5, 0.6) is 0 Å². The second kappa shape index (κ2) is 5.82. The molecule has 0 radical (unpaired) electrons. The lowest BCUT2D eigenvalue weighted by molar-refractivity contribution is 0.0488. The van der Waals surface area contributed by atoms with E-state index in [1.807, 2.05) is 0 Å². The van der Waals surface area contributed by atoms with Gasteiger partial charge < -0.3 is 0 Å². The Morgan fingerprint density at radius 1 is 1.50 bits per heavy atom. The fourth-order valence-corrected chi connectivity index (χ4v) is 2.87. The lowest BCUT2D eigenvalue weighted by Gasteiger charge is -2.04. The number of rotatable bonds is 5. The van der Waals surface area contributed by atoms with E-state index in [1.54, 1.807) is 0 Å². The van der Waals surface area contributed by atoms with Gasteiger partial charge in [0.25, 0.3) is 6.43 Å². The monoisotopic (exact) mass is 261 g/mol. The smallest absolute Gasteiger partial charge is 0.241 e. The van der Waals surface area contributed by atoms with E-state index < -0.39 is 12.6 Å². The van der Waals surface area contributed by atoms with Crippen molar-refractivity contribution in [3.8, 4) is 0 Å². The zero-order valence-electron chi connectivity index (χ0n) is 6.92. The number of hydrogen-bond donors (Lipinski definition) is 0. The van der Waals surface area contributed by atoms with E-state index in [1.165, 1.54) is 29.3 Å². The second-order valence-corrected chi connectivity index (χ2v) is 5.42. The molecule has 7 heteroatoms. The van der Waals surface area contributed by atoms with Gasteiger partial charge >= 0.3 is 0 Å². The Bertz CT molecular complexity index is 282. The van der Waals surface area contributed by atoms with Gasteiger partial charge in [0.1, 0.15) is 4.34 Å². The molecule has 0 aliphatic heterocycles. The lowest BCUT2D eigenvalue weighted by Crippen LogP contribution is -2.12. The number of halogens is 4. The molecular formula is C7H7ClF3NS2. The predicted octanol–water partition coefficient (Wildman–Crippen LogP) is 3.88. The molecule has 0 spiro atoms. The zero-order valence-corrected chi connectivity index (χ0v) is 9.31. The van der Waals surface area contributed by atoms with Crippen LogP contribution in [0.2, 0.25) is 4.34 Å². The second-order valence-electron chi connectivity index (χ2n) is 2.42. The van der Waals surface area contributed by atoms with Crippen LogP contribution in [0.4, 0.5) is 13.2 Å². The Morgan fingerprint density at radius 2 is 2.21 bits per heavy atom. The summed E-state index contributed by atoms with van der Waals surface area (Å²) in [5.41, 5.74) is 0. The Morgan fingerprint density at radius 3 is 2.71 bits per heavy atom. The molecule has 0 saturated heterocycles. The van der Waals surface area contributed by atoms with Gasteiger partial charge in [0, 0.05) is 5.75 Å². The third-order valence-corrected chi connectivity index (χ3v) is 3.65. The minimum Gasteiger partial charge on any atom is -0.241 e. The molecule has 1 nitrogen and oxygen atoms in total. The first-order valence-corrected chi connectivity index (χ1v) is 5.94. The molecule has 1 aromatic rings. The van der Waals surface area contributed by atoms with Crippen LogP contribution in [0.15, 0.2) is 10.5 Å². The molecule has 1 rings (SSSR count). The summed E-state index contributed by atoms with van der Waals surface area (Å²) in [5, 5.41) is 0. The van der Waals surface area contributed by atoms with E-state index in [4.69, 9.17) is 11.6 Å². The third kappa shape index (κ3) is 4.06. The van der Waals surface area contributed by atoms with Crippen LogP contribution < -0.4 is 0 Å². The molecule has 0 bridgehead atoms. The van der Waals surface area contributed by atoms with E-state index in [0.717, 1.165) is 0 Å². The quantitative estimate of drug-likeness (QED) is 0.746. The first kappa shape index (κ1) is 12.1. The van der Waals surface area contributed by atoms with Gasteiger partial charge in [-0.25, -0.2) is 18.2 Å². The Labute approximate surface area is 92.7 Å². The highest BCUT2D eigenvalue weighted by Gasteiger charge is 2.18. The van der Waals surface area contributed by atoms with Crippen LogP contribution in [0, 0.1) is 0 Å². The van der Waals surface area contributed by atoms with Gasteiger partial charge in [-0.05, 0) is 6.42 Å². The lowest BCUT2D eigenvalue weighted by atomic mass is 10.3. The van der Waals surface area contributed by atoms with Crippen LogP contribution in [0.1, 0.15) is 6.42 Å². The zero-order chi connectivity index (χ0) is 10.6. The van der Waals surface area contributed by atoms with Crippen LogP contribution in [-0.2, 0) is 0 Å². The van der Waals surface area contributed by atoms with Crippen LogP contribution in [0.3, 0.4) is 0 Å². The minimum absolute atomic E-state index is 0.167. The Hall–Kier alpha value is 0.0600. The highest BCUT2D eigenvalue weighted by molar-refractivity contribution is 8.01. The topological polar surface area (TPSA) is 12.9 Å². The summed E-state index contributed by atoms with van der Waals surface area (Å²) in [6.45, 7) is 0. The third-order valence-electron chi connectivity index (χ3n) is 1.35. The van der Waals surface area contributed by atoms with Crippen LogP contribution in [-0.4, -0.2) is 23.3 Å². The first-order chi connectivity index (χ1) is 6.59. The maximum absolute atomic E-state index is 12.4. The van der Waals surface area contributed by atoms with E-state index in [-0.39, 0.29) is 12.2 Å². The van der Waals surface area contributed by atoms with Crippen LogP contribution in [0.25, 0.3) is 0 Å².